The Morgan fingerprint density at radius 2 is 1.92 bits per heavy atom. The lowest BCUT2D eigenvalue weighted by Crippen LogP contribution is -2.38. The van der Waals surface area contributed by atoms with E-state index in [0.29, 0.717) is 59.0 Å². The van der Waals surface area contributed by atoms with E-state index < -0.39 is 9.84 Å². The summed E-state index contributed by atoms with van der Waals surface area (Å²) in [5, 5.41) is 4.69. The number of carbonyl (C=O) groups is 1. The van der Waals surface area contributed by atoms with E-state index in [0.717, 1.165) is 5.57 Å². The van der Waals surface area contributed by atoms with E-state index in [1.165, 1.54) is 18.5 Å². The van der Waals surface area contributed by atoms with Crippen molar-refractivity contribution in [1.82, 2.24) is 34.6 Å². The molecule has 1 amide bonds. The van der Waals surface area contributed by atoms with Crippen LogP contribution in [-0.2, 0) is 14.6 Å². The zero-order valence-corrected chi connectivity index (χ0v) is 20.2. The summed E-state index contributed by atoms with van der Waals surface area (Å²) in [5.74, 6) is 0.381. The normalized spacial score (nSPS) is 17.7. The number of sulfone groups is 1. The fraction of sp³-hybridized carbons (Fsp3) is 0.292. The van der Waals surface area contributed by atoms with Crippen molar-refractivity contribution in [3.8, 4) is 22.5 Å². The van der Waals surface area contributed by atoms with Crippen LogP contribution in [0.5, 0.6) is 0 Å². The molecule has 1 N–H and O–H groups in total. The first-order valence-corrected chi connectivity index (χ1v) is 13.3. The maximum Gasteiger partial charge on any atom is 0.219 e. The molecule has 1 aromatic carbocycles. The number of halogens is 1. The van der Waals surface area contributed by atoms with Gasteiger partial charge in [0.2, 0.25) is 5.91 Å². The number of amides is 1. The van der Waals surface area contributed by atoms with Crippen molar-refractivity contribution in [1.29, 1.82) is 0 Å². The summed E-state index contributed by atoms with van der Waals surface area (Å²) in [5.41, 5.74) is 4.55. The molecule has 0 aliphatic carbocycles. The number of benzene rings is 1. The molecule has 10 nitrogen and oxygen atoms in total. The number of H-pyrrole nitrogens is 1. The SMILES string of the molecule is CC(=O)N1CC=C(c2nc3ncnc(-c4cn(C5CS(=O)(=O)C5)nc4-c4ccc(F)cc4)c3[nH]2)CC1. The second-order valence-corrected chi connectivity index (χ2v) is 11.2. The number of nitrogens with one attached hydrogen (secondary N) is 1. The van der Waals surface area contributed by atoms with Crippen molar-refractivity contribution < 1.29 is 17.6 Å². The number of hydrogen-bond donors (Lipinski definition) is 1. The van der Waals surface area contributed by atoms with Crippen molar-refractivity contribution in [3.05, 3.63) is 54.5 Å². The third-order valence-corrected chi connectivity index (χ3v) is 8.40. The predicted molar refractivity (Wildman–Crippen MR) is 131 cm³/mol. The minimum absolute atomic E-state index is 0.0236. The quantitative estimate of drug-likeness (QED) is 0.450. The summed E-state index contributed by atoms with van der Waals surface area (Å²) in [4.78, 5) is 30.3. The maximum absolute atomic E-state index is 13.6. The summed E-state index contributed by atoms with van der Waals surface area (Å²) < 4.78 is 38.8. The van der Waals surface area contributed by atoms with Crippen LogP contribution in [0.2, 0.25) is 0 Å². The fourth-order valence-electron chi connectivity index (χ4n) is 4.62. The monoisotopic (exact) mass is 507 g/mol. The molecule has 0 atom stereocenters. The maximum atomic E-state index is 13.6. The van der Waals surface area contributed by atoms with Crippen LogP contribution >= 0.6 is 0 Å². The zero-order chi connectivity index (χ0) is 25.0. The van der Waals surface area contributed by atoms with Gasteiger partial charge in [-0.05, 0) is 36.3 Å². The third kappa shape index (κ3) is 3.96. The van der Waals surface area contributed by atoms with Crippen molar-refractivity contribution in [3.63, 3.8) is 0 Å². The first kappa shape index (κ1) is 22.5. The summed E-state index contributed by atoms with van der Waals surface area (Å²) in [6.45, 7) is 2.69. The van der Waals surface area contributed by atoms with Crippen LogP contribution in [0.4, 0.5) is 4.39 Å². The first-order chi connectivity index (χ1) is 17.3. The van der Waals surface area contributed by atoms with Crippen molar-refractivity contribution >= 4 is 32.5 Å². The molecule has 1 fully saturated rings. The molecule has 36 heavy (non-hydrogen) atoms. The average molecular weight is 508 g/mol. The van der Waals surface area contributed by atoms with E-state index in [-0.39, 0.29) is 29.3 Å². The Morgan fingerprint density at radius 1 is 1.14 bits per heavy atom. The molecule has 3 aromatic heterocycles. The number of nitrogens with zero attached hydrogens (tertiary/aromatic N) is 6. The molecule has 184 valence electrons. The van der Waals surface area contributed by atoms with Crippen LogP contribution in [0.15, 0.2) is 42.9 Å². The van der Waals surface area contributed by atoms with Crippen molar-refractivity contribution in [2.24, 2.45) is 0 Å². The lowest BCUT2D eigenvalue weighted by molar-refractivity contribution is -0.128. The summed E-state index contributed by atoms with van der Waals surface area (Å²) in [6, 6.07) is 5.71. The highest BCUT2D eigenvalue weighted by atomic mass is 32.2. The zero-order valence-electron chi connectivity index (χ0n) is 19.3. The molecule has 2 aliphatic heterocycles. The highest BCUT2D eigenvalue weighted by Gasteiger charge is 2.36. The molecular weight excluding hydrogens is 485 g/mol. The highest BCUT2D eigenvalue weighted by Crippen LogP contribution is 2.36. The van der Waals surface area contributed by atoms with E-state index in [2.05, 4.69) is 25.0 Å². The highest BCUT2D eigenvalue weighted by molar-refractivity contribution is 7.92. The number of imidazole rings is 1. The van der Waals surface area contributed by atoms with E-state index in [1.54, 1.807) is 34.8 Å². The second-order valence-electron chi connectivity index (χ2n) is 9.06. The molecule has 2 aliphatic rings. The summed E-state index contributed by atoms with van der Waals surface area (Å²) in [6.07, 6.45) is 5.85. The van der Waals surface area contributed by atoms with Crippen LogP contribution in [-0.4, -0.2) is 73.5 Å². The topological polar surface area (TPSA) is 127 Å². The van der Waals surface area contributed by atoms with Crippen LogP contribution in [0.3, 0.4) is 0 Å². The number of hydrogen-bond acceptors (Lipinski definition) is 7. The van der Waals surface area contributed by atoms with E-state index in [9.17, 15) is 17.6 Å². The Morgan fingerprint density at radius 3 is 2.58 bits per heavy atom. The lowest BCUT2D eigenvalue weighted by atomic mass is 10.1. The van der Waals surface area contributed by atoms with Gasteiger partial charge in [-0.3, -0.25) is 9.48 Å². The van der Waals surface area contributed by atoms with Gasteiger partial charge in [0.15, 0.2) is 15.5 Å². The Labute approximate surface area is 205 Å². The number of carbonyl (C=O) groups excluding carboxylic acids is 1. The minimum atomic E-state index is -3.05. The van der Waals surface area contributed by atoms with Gasteiger partial charge >= 0.3 is 0 Å². The molecule has 0 bridgehead atoms. The van der Waals surface area contributed by atoms with Gasteiger partial charge in [0, 0.05) is 37.3 Å². The number of fused-ring (bicyclic) bond motifs is 1. The van der Waals surface area contributed by atoms with Gasteiger partial charge < -0.3 is 9.88 Å². The van der Waals surface area contributed by atoms with E-state index >= 15 is 0 Å². The predicted octanol–water partition coefficient (Wildman–Crippen LogP) is 2.63. The van der Waals surface area contributed by atoms with Gasteiger partial charge in [-0.25, -0.2) is 27.8 Å². The molecular formula is C24H22FN7O3S. The standard InChI is InChI=1S/C24H22FN7O3S/c1-14(33)31-8-6-16(7-9-31)23-28-22-21(26-13-27-24(22)29-23)19-10-32(18-11-36(34,35)12-18)30-20(19)15-2-4-17(25)5-3-15/h2-6,10,13,18H,7-9,11-12H2,1H3,(H,26,27,28,29). The van der Waals surface area contributed by atoms with Crippen LogP contribution < -0.4 is 0 Å². The molecule has 0 saturated carbocycles. The van der Waals surface area contributed by atoms with Crippen molar-refractivity contribution in [2.45, 2.75) is 19.4 Å². The molecule has 6 rings (SSSR count). The molecule has 4 aromatic rings. The third-order valence-electron chi connectivity index (χ3n) is 6.62. The lowest BCUT2D eigenvalue weighted by Gasteiger charge is -2.25. The Kier molecular flexibility index (Phi) is 5.21. The van der Waals surface area contributed by atoms with E-state index in [1.807, 2.05) is 6.08 Å². The molecule has 0 spiro atoms. The Balaban J connectivity index is 1.45. The number of aromatic amines is 1. The van der Waals surface area contributed by atoms with Gasteiger partial charge in [0.25, 0.3) is 0 Å². The van der Waals surface area contributed by atoms with Gasteiger partial charge in [-0.2, -0.15) is 5.10 Å². The number of rotatable bonds is 4. The first-order valence-electron chi connectivity index (χ1n) is 11.5. The molecule has 0 unspecified atom stereocenters. The van der Waals surface area contributed by atoms with Crippen LogP contribution in [0.25, 0.3) is 39.3 Å². The molecule has 1 saturated heterocycles. The Bertz CT molecular complexity index is 1630. The second kappa shape index (κ2) is 8.33. The van der Waals surface area contributed by atoms with Gasteiger partial charge in [0.05, 0.1) is 17.5 Å². The van der Waals surface area contributed by atoms with Crippen molar-refractivity contribution in [2.75, 3.05) is 24.6 Å². The summed E-state index contributed by atoms with van der Waals surface area (Å²) in [7, 11) is -3.05. The minimum Gasteiger partial charge on any atom is -0.339 e. The molecule has 5 heterocycles. The smallest absolute Gasteiger partial charge is 0.219 e. The number of aromatic nitrogens is 6. The average Bonchev–Trinajstić information content (AvgIpc) is 3.48. The van der Waals surface area contributed by atoms with Gasteiger partial charge in [0.1, 0.15) is 34.9 Å². The van der Waals surface area contributed by atoms with E-state index in [4.69, 9.17) is 0 Å². The fourth-order valence-corrected chi connectivity index (χ4v) is 6.00. The summed E-state index contributed by atoms with van der Waals surface area (Å²) >= 11 is 0. The molecule has 12 heteroatoms. The van der Waals surface area contributed by atoms with Crippen LogP contribution in [0.1, 0.15) is 25.2 Å². The van der Waals surface area contributed by atoms with Gasteiger partial charge in [-0.1, -0.05) is 6.08 Å². The molecule has 0 radical (unpaired) electrons. The van der Waals surface area contributed by atoms with Gasteiger partial charge in [-0.15, -0.1) is 0 Å². The Hall–Kier alpha value is -3.93. The van der Waals surface area contributed by atoms with Crippen LogP contribution in [0, 0.1) is 5.82 Å². The largest absolute Gasteiger partial charge is 0.339 e.